The summed E-state index contributed by atoms with van der Waals surface area (Å²) in [6.07, 6.45) is 0. The molecule has 0 aliphatic carbocycles. The van der Waals surface area contributed by atoms with E-state index in [1.54, 1.807) is 25.3 Å². The molecule has 2 aromatic carbocycles. The number of hydrogen-bond acceptors (Lipinski definition) is 4. The number of rotatable bonds is 4. The Kier molecular flexibility index (Phi) is 4.10. The number of aryl methyl sites for hydroxylation is 1. The van der Waals surface area contributed by atoms with E-state index in [-0.39, 0.29) is 5.84 Å². The summed E-state index contributed by atoms with van der Waals surface area (Å²) in [5.41, 5.74) is 7.18. The fourth-order valence-electron chi connectivity index (χ4n) is 1.80. The van der Waals surface area contributed by atoms with E-state index in [9.17, 15) is 0 Å². The number of oxime groups is 1. The molecule has 2 rings (SSSR count). The van der Waals surface area contributed by atoms with E-state index < -0.39 is 0 Å². The summed E-state index contributed by atoms with van der Waals surface area (Å²) in [6, 6.07) is 12.7. The summed E-state index contributed by atoms with van der Waals surface area (Å²) in [5.74, 6) is 1.67. The minimum absolute atomic E-state index is 0.00472. The lowest BCUT2D eigenvalue weighted by Gasteiger charge is -2.13. The van der Waals surface area contributed by atoms with Crippen LogP contribution in [0.15, 0.2) is 47.6 Å². The van der Waals surface area contributed by atoms with Crippen LogP contribution in [0.1, 0.15) is 11.1 Å². The van der Waals surface area contributed by atoms with Crippen LogP contribution < -0.4 is 15.2 Å². The highest BCUT2D eigenvalue weighted by atomic mass is 16.5. The lowest BCUT2D eigenvalue weighted by Crippen LogP contribution is -2.14. The highest BCUT2D eigenvalue weighted by molar-refractivity contribution is 5.99. The maximum atomic E-state index is 8.83. The molecule has 0 atom stereocenters. The average Bonchev–Trinajstić information content (AvgIpc) is 2.47. The number of nitrogens with zero attached hydrogens (tertiary/aromatic N) is 1. The van der Waals surface area contributed by atoms with E-state index in [0.717, 1.165) is 5.56 Å². The average molecular weight is 272 g/mol. The van der Waals surface area contributed by atoms with Gasteiger partial charge in [0, 0.05) is 0 Å². The number of benzene rings is 2. The van der Waals surface area contributed by atoms with E-state index in [2.05, 4.69) is 5.16 Å². The molecule has 5 nitrogen and oxygen atoms in total. The Morgan fingerprint density at radius 3 is 2.45 bits per heavy atom. The smallest absolute Gasteiger partial charge is 0.173 e. The maximum Gasteiger partial charge on any atom is 0.173 e. The van der Waals surface area contributed by atoms with Crippen LogP contribution in [0.3, 0.4) is 0 Å². The van der Waals surface area contributed by atoms with Crippen molar-refractivity contribution in [3.63, 3.8) is 0 Å². The second-order valence-corrected chi connectivity index (χ2v) is 4.24. The van der Waals surface area contributed by atoms with Crippen LogP contribution in [0.5, 0.6) is 17.2 Å². The number of amidine groups is 1. The van der Waals surface area contributed by atoms with Crippen molar-refractivity contribution in [1.82, 2.24) is 0 Å². The molecule has 0 aliphatic rings. The van der Waals surface area contributed by atoms with Crippen molar-refractivity contribution in [2.24, 2.45) is 10.9 Å². The zero-order valence-electron chi connectivity index (χ0n) is 11.3. The van der Waals surface area contributed by atoms with Crippen molar-refractivity contribution < 1.29 is 14.7 Å². The number of methoxy groups -OCH3 is 1. The van der Waals surface area contributed by atoms with Crippen LogP contribution in [-0.4, -0.2) is 18.2 Å². The Bertz CT molecular complexity index is 639. The number of para-hydroxylation sites is 2. The van der Waals surface area contributed by atoms with E-state index in [4.69, 9.17) is 20.4 Å². The number of nitrogens with two attached hydrogens (primary N) is 1. The Morgan fingerprint density at radius 1 is 1.10 bits per heavy atom. The van der Waals surface area contributed by atoms with Crippen LogP contribution in [0.2, 0.25) is 0 Å². The van der Waals surface area contributed by atoms with Gasteiger partial charge in [-0.1, -0.05) is 23.4 Å². The number of ether oxygens (including phenoxy) is 2. The molecule has 0 heterocycles. The summed E-state index contributed by atoms with van der Waals surface area (Å²) >= 11 is 0. The summed E-state index contributed by atoms with van der Waals surface area (Å²) in [5, 5.41) is 11.8. The highest BCUT2D eigenvalue weighted by Crippen LogP contribution is 2.33. The maximum absolute atomic E-state index is 8.83. The third-order valence-corrected chi connectivity index (χ3v) is 2.81. The quantitative estimate of drug-likeness (QED) is 0.388. The van der Waals surface area contributed by atoms with Gasteiger partial charge in [-0.2, -0.15) is 0 Å². The van der Waals surface area contributed by atoms with Gasteiger partial charge in [0.05, 0.1) is 12.7 Å². The molecule has 0 saturated heterocycles. The van der Waals surface area contributed by atoms with E-state index in [0.29, 0.717) is 22.8 Å². The minimum Gasteiger partial charge on any atom is -0.493 e. The lowest BCUT2D eigenvalue weighted by molar-refractivity contribution is 0.318. The standard InChI is InChI=1S/C15H16N2O3/c1-10-7-8-11(15(16)17-18)14(9-10)20-13-6-4-3-5-12(13)19-2/h3-9,18H,1-2H3,(H2,16,17). The summed E-state index contributed by atoms with van der Waals surface area (Å²) in [4.78, 5) is 0. The predicted molar refractivity (Wildman–Crippen MR) is 76.8 cm³/mol. The summed E-state index contributed by atoms with van der Waals surface area (Å²) < 4.78 is 11.1. The first kappa shape index (κ1) is 13.7. The zero-order chi connectivity index (χ0) is 14.5. The van der Waals surface area contributed by atoms with E-state index in [1.165, 1.54) is 0 Å². The monoisotopic (exact) mass is 272 g/mol. The molecule has 0 unspecified atom stereocenters. The Balaban J connectivity index is 2.45. The largest absolute Gasteiger partial charge is 0.493 e. The van der Waals surface area contributed by atoms with Crippen molar-refractivity contribution in [3.8, 4) is 17.2 Å². The van der Waals surface area contributed by atoms with Crippen LogP contribution in [-0.2, 0) is 0 Å². The van der Waals surface area contributed by atoms with Crippen molar-refractivity contribution in [2.75, 3.05) is 7.11 Å². The van der Waals surface area contributed by atoms with E-state index >= 15 is 0 Å². The molecule has 5 heteroatoms. The SMILES string of the molecule is COc1ccccc1Oc1cc(C)ccc1C(N)=NO. The van der Waals surface area contributed by atoms with Crippen molar-refractivity contribution >= 4 is 5.84 Å². The first-order chi connectivity index (χ1) is 9.65. The molecule has 0 saturated carbocycles. The predicted octanol–water partition coefficient (Wildman–Crippen LogP) is 2.89. The van der Waals surface area contributed by atoms with Gasteiger partial charge >= 0.3 is 0 Å². The molecule has 3 N–H and O–H groups in total. The first-order valence-corrected chi connectivity index (χ1v) is 6.05. The highest BCUT2D eigenvalue weighted by Gasteiger charge is 2.12. The third kappa shape index (κ3) is 2.83. The van der Waals surface area contributed by atoms with Gasteiger partial charge in [-0.25, -0.2) is 0 Å². The van der Waals surface area contributed by atoms with Gasteiger partial charge in [-0.05, 0) is 36.8 Å². The minimum atomic E-state index is -0.00472. The second kappa shape index (κ2) is 5.97. The normalized spacial score (nSPS) is 11.2. The molecular weight excluding hydrogens is 256 g/mol. The molecule has 0 amide bonds. The zero-order valence-corrected chi connectivity index (χ0v) is 11.3. The Hall–Kier alpha value is -2.69. The van der Waals surface area contributed by atoms with Crippen LogP contribution in [0.25, 0.3) is 0 Å². The van der Waals surface area contributed by atoms with Crippen LogP contribution in [0, 0.1) is 6.92 Å². The summed E-state index contributed by atoms with van der Waals surface area (Å²) in [7, 11) is 1.57. The molecule has 2 aromatic rings. The molecule has 104 valence electrons. The van der Waals surface area contributed by atoms with Gasteiger partial charge < -0.3 is 20.4 Å². The number of hydrogen-bond donors (Lipinski definition) is 2. The molecule has 20 heavy (non-hydrogen) atoms. The molecule has 0 spiro atoms. The second-order valence-electron chi connectivity index (χ2n) is 4.24. The summed E-state index contributed by atoms with van der Waals surface area (Å²) in [6.45, 7) is 1.94. The van der Waals surface area contributed by atoms with Crippen LogP contribution in [0.4, 0.5) is 0 Å². The molecule has 0 aromatic heterocycles. The van der Waals surface area contributed by atoms with Crippen molar-refractivity contribution in [2.45, 2.75) is 6.92 Å². The lowest BCUT2D eigenvalue weighted by atomic mass is 10.1. The van der Waals surface area contributed by atoms with E-state index in [1.807, 2.05) is 31.2 Å². The van der Waals surface area contributed by atoms with Crippen molar-refractivity contribution in [3.05, 3.63) is 53.6 Å². The molecule has 0 bridgehead atoms. The van der Waals surface area contributed by atoms with Gasteiger partial charge in [0.2, 0.25) is 0 Å². The van der Waals surface area contributed by atoms with Gasteiger partial charge in [-0.3, -0.25) is 0 Å². The molecule has 0 radical (unpaired) electrons. The molecular formula is C15H16N2O3. The van der Waals surface area contributed by atoms with Gasteiger partial charge in [0.15, 0.2) is 17.3 Å². The Labute approximate surface area is 117 Å². The van der Waals surface area contributed by atoms with Gasteiger partial charge in [0.1, 0.15) is 5.75 Å². The fourth-order valence-corrected chi connectivity index (χ4v) is 1.80. The first-order valence-electron chi connectivity index (χ1n) is 6.05. The van der Waals surface area contributed by atoms with Gasteiger partial charge in [0.25, 0.3) is 0 Å². The van der Waals surface area contributed by atoms with Gasteiger partial charge in [-0.15, -0.1) is 0 Å². The van der Waals surface area contributed by atoms with Crippen molar-refractivity contribution in [1.29, 1.82) is 0 Å². The molecule has 0 aliphatic heterocycles. The van der Waals surface area contributed by atoms with Crippen LogP contribution >= 0.6 is 0 Å². The molecule has 0 fully saturated rings. The fraction of sp³-hybridized carbons (Fsp3) is 0.133. The Morgan fingerprint density at radius 2 is 1.80 bits per heavy atom. The third-order valence-electron chi connectivity index (χ3n) is 2.81. The topological polar surface area (TPSA) is 77.1 Å².